The average molecular weight is 252 g/mol. The fourth-order valence-electron chi connectivity index (χ4n) is 1.30. The summed E-state index contributed by atoms with van der Waals surface area (Å²) in [5.41, 5.74) is 1.78. The molecule has 2 heteroatoms. The molecule has 0 bridgehead atoms. The number of benzene rings is 1. The summed E-state index contributed by atoms with van der Waals surface area (Å²) in [6.45, 7) is 1.42. The van der Waals surface area contributed by atoms with Crippen LogP contribution >= 0.6 is 0 Å². The van der Waals surface area contributed by atoms with Gasteiger partial charge in [0.05, 0.1) is 0 Å². The molecule has 0 radical (unpaired) electrons. The lowest BCUT2D eigenvalue weighted by Gasteiger charge is -1.93. The Morgan fingerprint density at radius 1 is 1.32 bits per heavy atom. The molecule has 0 fully saturated rings. The molecular formula is C17H16O2. The van der Waals surface area contributed by atoms with Crippen molar-refractivity contribution in [1.82, 2.24) is 0 Å². The Morgan fingerprint density at radius 2 is 2.05 bits per heavy atom. The molecule has 0 saturated carbocycles. The first-order valence-corrected chi connectivity index (χ1v) is 5.94. The van der Waals surface area contributed by atoms with Crippen LogP contribution in [-0.2, 0) is 0 Å². The number of aliphatic hydroxyl groups is 2. The monoisotopic (exact) mass is 252 g/mol. The van der Waals surface area contributed by atoms with Gasteiger partial charge in [-0.3, -0.25) is 0 Å². The standard InChI is InChI=1S/C17H16O2/c1-15(19)8-5-6-11-17(12-7-13-18)14-16-9-3-2-4-10-16/h2-4,6,9-11,14-15,18-19H,13H2,1H3/b11-6-,17-14+. The zero-order valence-corrected chi connectivity index (χ0v) is 10.8. The Labute approximate surface area is 114 Å². The highest BCUT2D eigenvalue weighted by Crippen LogP contribution is 2.06. The Morgan fingerprint density at radius 3 is 2.68 bits per heavy atom. The molecule has 1 unspecified atom stereocenters. The van der Waals surface area contributed by atoms with Gasteiger partial charge in [-0.15, -0.1) is 0 Å². The van der Waals surface area contributed by atoms with Gasteiger partial charge < -0.3 is 10.2 Å². The first-order chi connectivity index (χ1) is 9.22. The third kappa shape index (κ3) is 6.91. The van der Waals surface area contributed by atoms with E-state index in [1.807, 2.05) is 36.4 Å². The van der Waals surface area contributed by atoms with E-state index < -0.39 is 6.10 Å². The molecule has 0 aliphatic carbocycles. The Balaban J connectivity index is 2.91. The van der Waals surface area contributed by atoms with Crippen LogP contribution in [0.3, 0.4) is 0 Å². The van der Waals surface area contributed by atoms with Crippen molar-refractivity contribution in [3.63, 3.8) is 0 Å². The topological polar surface area (TPSA) is 40.5 Å². The van der Waals surface area contributed by atoms with Crippen LogP contribution in [0.1, 0.15) is 12.5 Å². The largest absolute Gasteiger partial charge is 0.384 e. The average Bonchev–Trinajstić information content (AvgIpc) is 2.41. The van der Waals surface area contributed by atoms with Gasteiger partial charge in [-0.05, 0) is 30.7 Å². The van der Waals surface area contributed by atoms with Gasteiger partial charge in [0.25, 0.3) is 0 Å². The number of aliphatic hydroxyl groups excluding tert-OH is 2. The summed E-state index contributed by atoms with van der Waals surface area (Å²) < 4.78 is 0. The predicted octanol–water partition coefficient (Wildman–Crippen LogP) is 2.01. The lowest BCUT2D eigenvalue weighted by molar-refractivity contribution is 0.253. The van der Waals surface area contributed by atoms with Crippen molar-refractivity contribution in [2.24, 2.45) is 0 Å². The summed E-state index contributed by atoms with van der Waals surface area (Å²) in [6.07, 6.45) is 4.65. The molecule has 2 nitrogen and oxygen atoms in total. The van der Waals surface area contributed by atoms with Crippen LogP contribution < -0.4 is 0 Å². The zero-order valence-electron chi connectivity index (χ0n) is 10.8. The van der Waals surface area contributed by atoms with E-state index in [0.717, 1.165) is 11.1 Å². The van der Waals surface area contributed by atoms with Gasteiger partial charge in [0.2, 0.25) is 0 Å². The van der Waals surface area contributed by atoms with Crippen molar-refractivity contribution in [3.8, 4) is 23.7 Å². The molecule has 19 heavy (non-hydrogen) atoms. The van der Waals surface area contributed by atoms with E-state index in [0.29, 0.717) is 0 Å². The molecule has 0 aliphatic rings. The van der Waals surface area contributed by atoms with Crippen molar-refractivity contribution in [1.29, 1.82) is 0 Å². The van der Waals surface area contributed by atoms with Crippen LogP contribution in [0.25, 0.3) is 6.08 Å². The quantitative estimate of drug-likeness (QED) is 0.624. The maximum Gasteiger partial charge on any atom is 0.112 e. The van der Waals surface area contributed by atoms with Crippen LogP contribution in [0, 0.1) is 23.7 Å². The van der Waals surface area contributed by atoms with E-state index in [4.69, 9.17) is 10.2 Å². The highest BCUT2D eigenvalue weighted by molar-refractivity contribution is 5.62. The lowest BCUT2D eigenvalue weighted by atomic mass is 10.1. The molecule has 0 spiro atoms. The van der Waals surface area contributed by atoms with Crippen molar-refractivity contribution < 1.29 is 10.2 Å². The number of hydrogen-bond donors (Lipinski definition) is 2. The fourth-order valence-corrected chi connectivity index (χ4v) is 1.30. The molecule has 0 saturated heterocycles. The normalized spacial score (nSPS) is 12.3. The summed E-state index contributed by atoms with van der Waals surface area (Å²) in [4.78, 5) is 0. The van der Waals surface area contributed by atoms with Crippen LogP contribution in [0.4, 0.5) is 0 Å². The van der Waals surface area contributed by atoms with Gasteiger partial charge in [0.15, 0.2) is 0 Å². The molecule has 1 atom stereocenters. The summed E-state index contributed by atoms with van der Waals surface area (Å²) in [5, 5.41) is 17.8. The van der Waals surface area contributed by atoms with Crippen molar-refractivity contribution in [2.45, 2.75) is 13.0 Å². The second-order valence-electron chi connectivity index (χ2n) is 3.77. The Bertz CT molecular complexity index is 558. The Kier molecular flexibility index (Phi) is 6.84. The molecular weight excluding hydrogens is 236 g/mol. The molecule has 0 aliphatic heterocycles. The lowest BCUT2D eigenvalue weighted by Crippen LogP contribution is -1.91. The Hall–Kier alpha value is -2.26. The van der Waals surface area contributed by atoms with E-state index in [2.05, 4.69) is 23.7 Å². The SMILES string of the molecule is CC(O)C#C/C=C\C(C#CCO)=C/c1ccccc1. The molecule has 0 aromatic heterocycles. The van der Waals surface area contributed by atoms with E-state index >= 15 is 0 Å². The summed E-state index contributed by atoms with van der Waals surface area (Å²) in [5.74, 6) is 10.8. The van der Waals surface area contributed by atoms with Crippen molar-refractivity contribution in [2.75, 3.05) is 6.61 Å². The minimum atomic E-state index is -0.644. The molecule has 0 heterocycles. The molecule has 0 amide bonds. The molecule has 1 rings (SSSR count). The summed E-state index contributed by atoms with van der Waals surface area (Å²) >= 11 is 0. The maximum atomic E-state index is 9.01. The highest BCUT2D eigenvalue weighted by Gasteiger charge is 1.89. The van der Waals surface area contributed by atoms with Crippen LogP contribution in [0.15, 0.2) is 48.1 Å². The minimum Gasteiger partial charge on any atom is -0.384 e. The van der Waals surface area contributed by atoms with Gasteiger partial charge in [-0.1, -0.05) is 54.0 Å². The predicted molar refractivity (Wildman–Crippen MR) is 77.9 cm³/mol. The summed E-state index contributed by atoms with van der Waals surface area (Å²) in [6, 6.07) is 9.77. The van der Waals surface area contributed by atoms with Gasteiger partial charge in [-0.25, -0.2) is 0 Å². The van der Waals surface area contributed by atoms with E-state index in [9.17, 15) is 0 Å². The third-order valence-corrected chi connectivity index (χ3v) is 2.07. The number of allylic oxidation sites excluding steroid dienone is 3. The smallest absolute Gasteiger partial charge is 0.112 e. The van der Waals surface area contributed by atoms with Crippen molar-refractivity contribution >= 4 is 6.08 Å². The van der Waals surface area contributed by atoms with Gasteiger partial charge in [-0.2, -0.15) is 0 Å². The second-order valence-corrected chi connectivity index (χ2v) is 3.77. The zero-order chi connectivity index (χ0) is 13.9. The minimum absolute atomic E-state index is 0.181. The molecule has 96 valence electrons. The van der Waals surface area contributed by atoms with E-state index in [-0.39, 0.29) is 6.61 Å². The summed E-state index contributed by atoms with van der Waals surface area (Å²) in [7, 11) is 0. The van der Waals surface area contributed by atoms with Gasteiger partial charge in [0.1, 0.15) is 12.7 Å². The first-order valence-electron chi connectivity index (χ1n) is 5.94. The van der Waals surface area contributed by atoms with E-state index in [1.165, 1.54) is 0 Å². The molecule has 1 aromatic carbocycles. The van der Waals surface area contributed by atoms with Crippen LogP contribution in [0.2, 0.25) is 0 Å². The van der Waals surface area contributed by atoms with Crippen LogP contribution in [-0.4, -0.2) is 22.9 Å². The number of hydrogen-bond acceptors (Lipinski definition) is 2. The van der Waals surface area contributed by atoms with Crippen molar-refractivity contribution in [3.05, 3.63) is 53.6 Å². The molecule has 2 N–H and O–H groups in total. The highest BCUT2D eigenvalue weighted by atomic mass is 16.3. The molecule has 1 aromatic rings. The number of rotatable bonds is 2. The third-order valence-electron chi connectivity index (χ3n) is 2.07. The van der Waals surface area contributed by atoms with Crippen LogP contribution in [0.5, 0.6) is 0 Å². The van der Waals surface area contributed by atoms with Gasteiger partial charge >= 0.3 is 0 Å². The first kappa shape index (κ1) is 14.8. The van der Waals surface area contributed by atoms with Gasteiger partial charge in [0, 0.05) is 5.57 Å². The second kappa shape index (κ2) is 8.78. The maximum absolute atomic E-state index is 9.01. The fraction of sp³-hybridized carbons (Fsp3) is 0.176. The van der Waals surface area contributed by atoms with E-state index in [1.54, 1.807) is 19.1 Å².